The van der Waals surface area contributed by atoms with E-state index in [1.807, 2.05) is 0 Å². The molecule has 2 fully saturated rings. The van der Waals surface area contributed by atoms with Gasteiger partial charge < -0.3 is 15.1 Å². The lowest BCUT2D eigenvalue weighted by atomic mass is 9.82. The molecule has 1 atom stereocenters. The van der Waals surface area contributed by atoms with Crippen molar-refractivity contribution < 1.29 is 0 Å². The first-order valence-electron chi connectivity index (χ1n) is 7.43. The van der Waals surface area contributed by atoms with E-state index in [1.165, 1.54) is 71.6 Å². The summed E-state index contributed by atoms with van der Waals surface area (Å²) in [6.45, 7) is 14.7. The Kier molecular flexibility index (Phi) is 4.83. The number of hydrogen-bond acceptors (Lipinski definition) is 3. The fourth-order valence-corrected chi connectivity index (χ4v) is 3.49. The van der Waals surface area contributed by atoms with Gasteiger partial charge in [-0.1, -0.05) is 20.3 Å². The van der Waals surface area contributed by atoms with Crippen molar-refractivity contribution in [2.24, 2.45) is 5.41 Å². The second kappa shape index (κ2) is 6.17. The van der Waals surface area contributed by atoms with Crippen LogP contribution in [0.4, 0.5) is 0 Å². The molecule has 0 amide bonds. The summed E-state index contributed by atoms with van der Waals surface area (Å²) in [5.41, 5.74) is 0.586. The molecular weight excluding hydrogens is 210 g/mol. The summed E-state index contributed by atoms with van der Waals surface area (Å²) < 4.78 is 0. The van der Waals surface area contributed by atoms with Crippen LogP contribution < -0.4 is 5.32 Å². The SMILES string of the molecule is CCCC1(CN2CCN(CC)CC2)CCNC1. The minimum Gasteiger partial charge on any atom is -0.316 e. The molecular formula is C14H29N3. The minimum atomic E-state index is 0.586. The molecule has 0 spiro atoms. The van der Waals surface area contributed by atoms with E-state index in [9.17, 15) is 0 Å². The molecule has 0 radical (unpaired) electrons. The van der Waals surface area contributed by atoms with Gasteiger partial charge in [0.2, 0.25) is 0 Å². The molecule has 100 valence electrons. The number of likely N-dealkylation sites (N-methyl/N-ethyl adjacent to an activating group) is 1. The Morgan fingerprint density at radius 2 is 1.76 bits per heavy atom. The van der Waals surface area contributed by atoms with Gasteiger partial charge in [0.25, 0.3) is 0 Å². The van der Waals surface area contributed by atoms with Crippen LogP contribution >= 0.6 is 0 Å². The van der Waals surface area contributed by atoms with Gasteiger partial charge >= 0.3 is 0 Å². The summed E-state index contributed by atoms with van der Waals surface area (Å²) in [5.74, 6) is 0. The Morgan fingerprint density at radius 3 is 2.29 bits per heavy atom. The van der Waals surface area contributed by atoms with Crippen LogP contribution in [0, 0.1) is 5.41 Å². The zero-order valence-corrected chi connectivity index (χ0v) is 11.7. The van der Waals surface area contributed by atoms with Crippen LogP contribution in [0.1, 0.15) is 33.1 Å². The van der Waals surface area contributed by atoms with Gasteiger partial charge in [0.15, 0.2) is 0 Å². The van der Waals surface area contributed by atoms with Crippen molar-refractivity contribution in [3.63, 3.8) is 0 Å². The molecule has 2 saturated heterocycles. The van der Waals surface area contributed by atoms with Gasteiger partial charge in [0.1, 0.15) is 0 Å². The normalized spacial score (nSPS) is 32.1. The van der Waals surface area contributed by atoms with Crippen molar-refractivity contribution in [3.8, 4) is 0 Å². The fourth-order valence-electron chi connectivity index (χ4n) is 3.49. The quantitative estimate of drug-likeness (QED) is 0.782. The molecule has 1 N–H and O–H groups in total. The predicted octanol–water partition coefficient (Wildman–Crippen LogP) is 1.40. The fraction of sp³-hybridized carbons (Fsp3) is 1.00. The lowest BCUT2D eigenvalue weighted by Gasteiger charge is -2.39. The molecule has 1 unspecified atom stereocenters. The summed E-state index contributed by atoms with van der Waals surface area (Å²) >= 11 is 0. The largest absolute Gasteiger partial charge is 0.316 e. The Labute approximate surface area is 107 Å². The van der Waals surface area contributed by atoms with Crippen molar-refractivity contribution in [1.82, 2.24) is 15.1 Å². The average Bonchev–Trinajstić information content (AvgIpc) is 2.79. The summed E-state index contributed by atoms with van der Waals surface area (Å²) in [4.78, 5) is 5.27. The first-order valence-corrected chi connectivity index (χ1v) is 7.43. The molecule has 2 heterocycles. The topological polar surface area (TPSA) is 18.5 Å². The number of hydrogen-bond donors (Lipinski definition) is 1. The minimum absolute atomic E-state index is 0.586. The van der Waals surface area contributed by atoms with Crippen LogP contribution in [0.3, 0.4) is 0 Å². The maximum Gasteiger partial charge on any atom is 0.0110 e. The van der Waals surface area contributed by atoms with E-state index >= 15 is 0 Å². The van der Waals surface area contributed by atoms with Crippen LogP contribution in [0.5, 0.6) is 0 Å². The van der Waals surface area contributed by atoms with Gasteiger partial charge in [-0.05, 0) is 31.3 Å². The highest BCUT2D eigenvalue weighted by Gasteiger charge is 2.35. The molecule has 3 heteroatoms. The number of piperazine rings is 1. The second-order valence-corrected chi connectivity index (χ2v) is 5.89. The van der Waals surface area contributed by atoms with Crippen molar-refractivity contribution in [2.45, 2.75) is 33.1 Å². The molecule has 2 aliphatic rings. The maximum absolute atomic E-state index is 3.57. The van der Waals surface area contributed by atoms with Gasteiger partial charge in [-0.25, -0.2) is 0 Å². The molecule has 3 nitrogen and oxygen atoms in total. The monoisotopic (exact) mass is 239 g/mol. The highest BCUT2D eigenvalue weighted by molar-refractivity contribution is 4.91. The molecule has 2 aliphatic heterocycles. The molecule has 0 aromatic rings. The summed E-state index contributed by atoms with van der Waals surface area (Å²) in [7, 11) is 0. The van der Waals surface area contributed by atoms with E-state index in [0.29, 0.717) is 5.41 Å². The highest BCUT2D eigenvalue weighted by Crippen LogP contribution is 2.32. The first-order chi connectivity index (χ1) is 8.28. The number of rotatable bonds is 5. The first kappa shape index (κ1) is 13.3. The predicted molar refractivity (Wildman–Crippen MR) is 73.4 cm³/mol. The highest BCUT2D eigenvalue weighted by atomic mass is 15.3. The molecule has 0 aromatic heterocycles. The molecule has 0 aromatic carbocycles. The van der Waals surface area contributed by atoms with E-state index in [2.05, 4.69) is 29.0 Å². The van der Waals surface area contributed by atoms with Gasteiger partial charge in [-0.3, -0.25) is 0 Å². The maximum atomic E-state index is 3.57. The molecule has 17 heavy (non-hydrogen) atoms. The number of nitrogens with zero attached hydrogens (tertiary/aromatic N) is 2. The van der Waals surface area contributed by atoms with E-state index in [-0.39, 0.29) is 0 Å². The third kappa shape index (κ3) is 3.43. The third-order valence-electron chi connectivity index (χ3n) is 4.58. The van der Waals surface area contributed by atoms with Crippen LogP contribution in [0.15, 0.2) is 0 Å². The van der Waals surface area contributed by atoms with Crippen LogP contribution in [-0.4, -0.2) is 62.2 Å². The second-order valence-electron chi connectivity index (χ2n) is 5.89. The van der Waals surface area contributed by atoms with Crippen molar-refractivity contribution >= 4 is 0 Å². The van der Waals surface area contributed by atoms with Gasteiger partial charge in [-0.2, -0.15) is 0 Å². The zero-order chi connectivity index (χ0) is 12.1. The smallest absolute Gasteiger partial charge is 0.0110 e. The molecule has 0 aliphatic carbocycles. The van der Waals surface area contributed by atoms with Gasteiger partial charge in [-0.15, -0.1) is 0 Å². The summed E-state index contributed by atoms with van der Waals surface area (Å²) in [6.07, 6.45) is 4.11. The molecule has 2 rings (SSSR count). The van der Waals surface area contributed by atoms with E-state index in [1.54, 1.807) is 0 Å². The summed E-state index contributed by atoms with van der Waals surface area (Å²) in [6, 6.07) is 0. The van der Waals surface area contributed by atoms with Gasteiger partial charge in [0.05, 0.1) is 0 Å². The summed E-state index contributed by atoms with van der Waals surface area (Å²) in [5, 5.41) is 3.57. The van der Waals surface area contributed by atoms with Crippen molar-refractivity contribution in [3.05, 3.63) is 0 Å². The Morgan fingerprint density at radius 1 is 1.06 bits per heavy atom. The zero-order valence-electron chi connectivity index (χ0n) is 11.7. The van der Waals surface area contributed by atoms with E-state index in [0.717, 1.165) is 0 Å². The standard InChI is InChI=1S/C14H29N3/c1-3-5-14(6-7-15-12-14)13-17-10-8-16(4-2)9-11-17/h15H,3-13H2,1-2H3. The van der Waals surface area contributed by atoms with Crippen LogP contribution in [0.25, 0.3) is 0 Å². The lowest BCUT2D eigenvalue weighted by molar-refractivity contribution is 0.0893. The number of nitrogens with one attached hydrogen (secondary N) is 1. The van der Waals surface area contributed by atoms with Gasteiger partial charge in [0, 0.05) is 39.3 Å². The Bertz CT molecular complexity index is 216. The third-order valence-corrected chi connectivity index (χ3v) is 4.58. The van der Waals surface area contributed by atoms with E-state index in [4.69, 9.17) is 0 Å². The van der Waals surface area contributed by atoms with E-state index < -0.39 is 0 Å². The molecule has 0 bridgehead atoms. The average molecular weight is 239 g/mol. The van der Waals surface area contributed by atoms with Crippen molar-refractivity contribution in [2.75, 3.05) is 52.4 Å². The Balaban J connectivity index is 1.82. The van der Waals surface area contributed by atoms with Crippen LogP contribution in [0.2, 0.25) is 0 Å². The molecule has 0 saturated carbocycles. The Hall–Kier alpha value is -0.120. The lowest BCUT2D eigenvalue weighted by Crippen LogP contribution is -2.50. The van der Waals surface area contributed by atoms with Crippen LogP contribution in [-0.2, 0) is 0 Å². The van der Waals surface area contributed by atoms with Crippen molar-refractivity contribution in [1.29, 1.82) is 0 Å².